The standard InChI is InChI=1S/C11H18N2O4S2/c1-7-5-9(18-10(7)11(14)15)19(16,17)12-8(2)6-13(3)4/h5,8,12H,6H2,1-4H3,(H,14,15). The maximum absolute atomic E-state index is 12.1. The van der Waals surface area contributed by atoms with E-state index in [1.807, 2.05) is 19.0 Å². The van der Waals surface area contributed by atoms with Crippen LogP contribution in [-0.4, -0.2) is 51.1 Å². The number of sulfonamides is 1. The molecule has 0 aliphatic heterocycles. The van der Waals surface area contributed by atoms with Gasteiger partial charge in [-0.3, -0.25) is 0 Å². The second-order valence-corrected chi connectivity index (χ2v) is 7.66. The second-order valence-electron chi connectivity index (χ2n) is 4.67. The highest BCUT2D eigenvalue weighted by molar-refractivity contribution is 7.91. The van der Waals surface area contributed by atoms with Gasteiger partial charge < -0.3 is 10.0 Å². The molecule has 1 rings (SSSR count). The number of nitrogens with one attached hydrogen (secondary N) is 1. The molecular weight excluding hydrogens is 288 g/mol. The van der Waals surface area contributed by atoms with E-state index in [4.69, 9.17) is 5.11 Å². The Bertz CT molecular complexity index is 563. The fourth-order valence-electron chi connectivity index (χ4n) is 1.71. The first-order valence-electron chi connectivity index (χ1n) is 5.64. The number of aromatic carboxylic acids is 1. The minimum absolute atomic E-state index is 0.0352. The van der Waals surface area contributed by atoms with E-state index in [-0.39, 0.29) is 15.1 Å². The lowest BCUT2D eigenvalue weighted by Gasteiger charge is -2.17. The quantitative estimate of drug-likeness (QED) is 0.818. The van der Waals surface area contributed by atoms with E-state index in [1.165, 1.54) is 6.07 Å². The molecule has 0 aliphatic rings. The number of carbonyl (C=O) groups is 1. The number of carboxylic acids is 1. The largest absolute Gasteiger partial charge is 0.477 e. The molecule has 0 fully saturated rings. The second kappa shape index (κ2) is 6.00. The first kappa shape index (κ1) is 16.1. The number of likely N-dealkylation sites (N-methyl/N-ethyl adjacent to an activating group) is 1. The summed E-state index contributed by atoms with van der Waals surface area (Å²) in [6.45, 7) is 3.91. The Morgan fingerprint density at radius 3 is 2.53 bits per heavy atom. The first-order chi connectivity index (χ1) is 8.63. The molecular formula is C11H18N2O4S2. The van der Waals surface area contributed by atoms with E-state index in [9.17, 15) is 13.2 Å². The van der Waals surface area contributed by atoms with Gasteiger partial charge in [-0.25, -0.2) is 17.9 Å². The van der Waals surface area contributed by atoms with E-state index >= 15 is 0 Å². The molecule has 108 valence electrons. The molecule has 0 spiro atoms. The van der Waals surface area contributed by atoms with Gasteiger partial charge in [0.15, 0.2) is 0 Å². The molecule has 1 unspecified atom stereocenters. The average Bonchev–Trinajstić information content (AvgIpc) is 2.58. The van der Waals surface area contributed by atoms with Crippen LogP contribution in [0.3, 0.4) is 0 Å². The zero-order valence-corrected chi connectivity index (χ0v) is 12.9. The zero-order valence-electron chi connectivity index (χ0n) is 11.3. The number of hydrogen-bond acceptors (Lipinski definition) is 5. The van der Waals surface area contributed by atoms with Crippen molar-refractivity contribution in [3.8, 4) is 0 Å². The summed E-state index contributed by atoms with van der Waals surface area (Å²) in [5.41, 5.74) is 0.457. The Morgan fingerprint density at radius 1 is 1.53 bits per heavy atom. The maximum Gasteiger partial charge on any atom is 0.346 e. The van der Waals surface area contributed by atoms with Gasteiger partial charge in [-0.05, 0) is 39.6 Å². The highest BCUT2D eigenvalue weighted by Gasteiger charge is 2.23. The molecule has 0 aromatic carbocycles. The number of thiophene rings is 1. The summed E-state index contributed by atoms with van der Waals surface area (Å²) in [6, 6.07) is 1.13. The maximum atomic E-state index is 12.1. The Labute approximate surface area is 117 Å². The van der Waals surface area contributed by atoms with Crippen molar-refractivity contribution < 1.29 is 18.3 Å². The van der Waals surface area contributed by atoms with Gasteiger partial charge in [-0.1, -0.05) is 0 Å². The molecule has 1 aromatic rings. The highest BCUT2D eigenvalue weighted by Crippen LogP contribution is 2.26. The first-order valence-corrected chi connectivity index (χ1v) is 7.94. The summed E-state index contributed by atoms with van der Waals surface area (Å²) >= 11 is 0.772. The monoisotopic (exact) mass is 306 g/mol. The lowest BCUT2D eigenvalue weighted by Crippen LogP contribution is -2.39. The van der Waals surface area contributed by atoms with Gasteiger partial charge in [-0.15, -0.1) is 11.3 Å². The van der Waals surface area contributed by atoms with Crippen LogP contribution >= 0.6 is 11.3 Å². The highest BCUT2D eigenvalue weighted by atomic mass is 32.2. The van der Waals surface area contributed by atoms with Crippen LogP contribution in [0.1, 0.15) is 22.2 Å². The predicted octanol–water partition coefficient (Wildman–Crippen LogP) is 0.983. The molecule has 6 nitrogen and oxygen atoms in total. The molecule has 1 heterocycles. The van der Waals surface area contributed by atoms with Crippen LogP contribution in [0.25, 0.3) is 0 Å². The fraction of sp³-hybridized carbons (Fsp3) is 0.545. The van der Waals surface area contributed by atoms with Crippen molar-refractivity contribution in [3.05, 3.63) is 16.5 Å². The molecule has 0 amide bonds. The average molecular weight is 306 g/mol. The van der Waals surface area contributed by atoms with Gasteiger partial charge in [-0.2, -0.15) is 0 Å². The number of aryl methyl sites for hydroxylation is 1. The van der Waals surface area contributed by atoms with Crippen molar-refractivity contribution in [2.45, 2.75) is 24.1 Å². The predicted molar refractivity (Wildman–Crippen MR) is 74.4 cm³/mol. The lowest BCUT2D eigenvalue weighted by molar-refractivity contribution is 0.0701. The third-order valence-electron chi connectivity index (χ3n) is 2.35. The van der Waals surface area contributed by atoms with Gasteiger partial charge in [0.2, 0.25) is 10.0 Å². The zero-order chi connectivity index (χ0) is 14.8. The summed E-state index contributed by atoms with van der Waals surface area (Å²) in [7, 11) is 0.0378. The molecule has 2 N–H and O–H groups in total. The van der Waals surface area contributed by atoms with Crippen LogP contribution in [0.4, 0.5) is 0 Å². The van der Waals surface area contributed by atoms with Crippen molar-refractivity contribution in [2.24, 2.45) is 0 Å². The summed E-state index contributed by atoms with van der Waals surface area (Å²) in [4.78, 5) is 12.8. The molecule has 0 saturated heterocycles. The smallest absolute Gasteiger partial charge is 0.346 e. The Morgan fingerprint density at radius 2 is 2.11 bits per heavy atom. The molecule has 0 radical (unpaired) electrons. The van der Waals surface area contributed by atoms with Crippen molar-refractivity contribution >= 4 is 27.3 Å². The summed E-state index contributed by atoms with van der Waals surface area (Å²) in [5, 5.41) is 8.93. The molecule has 8 heteroatoms. The molecule has 19 heavy (non-hydrogen) atoms. The number of nitrogens with zero attached hydrogens (tertiary/aromatic N) is 1. The van der Waals surface area contributed by atoms with E-state index in [0.717, 1.165) is 11.3 Å². The van der Waals surface area contributed by atoms with Crippen LogP contribution in [-0.2, 0) is 10.0 Å². The van der Waals surface area contributed by atoms with Gasteiger partial charge in [0.05, 0.1) is 0 Å². The Hall–Kier alpha value is -0.960. The van der Waals surface area contributed by atoms with Gasteiger partial charge in [0.1, 0.15) is 9.09 Å². The molecule has 0 aliphatic carbocycles. The van der Waals surface area contributed by atoms with Crippen LogP contribution in [0.5, 0.6) is 0 Å². The lowest BCUT2D eigenvalue weighted by atomic mass is 10.3. The van der Waals surface area contributed by atoms with E-state index in [1.54, 1.807) is 13.8 Å². The van der Waals surface area contributed by atoms with Gasteiger partial charge >= 0.3 is 5.97 Å². The van der Waals surface area contributed by atoms with Crippen molar-refractivity contribution in [3.63, 3.8) is 0 Å². The SMILES string of the molecule is Cc1cc(S(=O)(=O)NC(C)CN(C)C)sc1C(=O)O. The fourth-order valence-corrected chi connectivity index (χ4v) is 4.34. The summed E-state index contributed by atoms with van der Waals surface area (Å²) < 4.78 is 26.8. The third-order valence-corrected chi connectivity index (χ3v) is 5.64. The van der Waals surface area contributed by atoms with Crippen LogP contribution < -0.4 is 4.72 Å². The van der Waals surface area contributed by atoms with Crippen molar-refractivity contribution in [1.82, 2.24) is 9.62 Å². The van der Waals surface area contributed by atoms with Gasteiger partial charge in [0.25, 0.3) is 0 Å². The number of carboxylic acid groups (broad SMARTS) is 1. The number of hydrogen-bond donors (Lipinski definition) is 2. The third kappa shape index (κ3) is 4.27. The topological polar surface area (TPSA) is 86.7 Å². The van der Waals surface area contributed by atoms with Crippen LogP contribution in [0.15, 0.2) is 10.3 Å². The van der Waals surface area contributed by atoms with Crippen LogP contribution in [0.2, 0.25) is 0 Å². The summed E-state index contributed by atoms with van der Waals surface area (Å²) in [5.74, 6) is -1.11. The van der Waals surface area contributed by atoms with Crippen LogP contribution in [0, 0.1) is 6.92 Å². The Kier molecular flexibility index (Phi) is 5.08. The van der Waals surface area contributed by atoms with Crippen molar-refractivity contribution in [1.29, 1.82) is 0 Å². The Balaban J connectivity index is 2.95. The molecule has 0 bridgehead atoms. The van der Waals surface area contributed by atoms with E-state index in [0.29, 0.717) is 12.1 Å². The molecule has 1 atom stereocenters. The summed E-state index contributed by atoms with van der Waals surface area (Å²) in [6.07, 6.45) is 0. The van der Waals surface area contributed by atoms with E-state index < -0.39 is 16.0 Å². The van der Waals surface area contributed by atoms with Crippen molar-refractivity contribution in [2.75, 3.05) is 20.6 Å². The molecule has 0 saturated carbocycles. The number of rotatable bonds is 6. The van der Waals surface area contributed by atoms with Gasteiger partial charge in [0, 0.05) is 12.6 Å². The van der Waals surface area contributed by atoms with E-state index in [2.05, 4.69) is 4.72 Å². The molecule has 1 aromatic heterocycles. The minimum atomic E-state index is -3.66. The minimum Gasteiger partial charge on any atom is -0.477 e. The normalized spacial score (nSPS) is 13.7.